The lowest BCUT2D eigenvalue weighted by Gasteiger charge is -2.65. The Balaban J connectivity index is 2.08. The Morgan fingerprint density at radius 3 is 2.50 bits per heavy atom. The van der Waals surface area contributed by atoms with Crippen molar-refractivity contribution in [3.05, 3.63) is 12.7 Å². The summed E-state index contributed by atoms with van der Waals surface area (Å²) in [5.41, 5.74) is -2.01. The monoisotopic (exact) mass is 336 g/mol. The van der Waals surface area contributed by atoms with Crippen LogP contribution in [0.3, 0.4) is 0 Å². The highest BCUT2D eigenvalue weighted by atomic mass is 16.5. The van der Waals surface area contributed by atoms with E-state index in [0.29, 0.717) is 19.3 Å². The highest BCUT2D eigenvalue weighted by Crippen LogP contribution is 2.64. The average Bonchev–Trinajstić information content (AvgIpc) is 2.50. The number of ketones is 1. The molecule has 1 heterocycles. The number of carbonyl (C=O) groups excluding carboxylic acids is 1. The zero-order valence-electron chi connectivity index (χ0n) is 15.5. The second kappa shape index (κ2) is 5.39. The third-order valence-corrected chi connectivity index (χ3v) is 7.55. The van der Waals surface area contributed by atoms with Gasteiger partial charge in [-0.2, -0.15) is 0 Å². The minimum atomic E-state index is -0.585. The van der Waals surface area contributed by atoms with Crippen molar-refractivity contribution in [2.24, 2.45) is 22.7 Å². The molecule has 0 spiro atoms. The summed E-state index contributed by atoms with van der Waals surface area (Å²) in [4.78, 5) is 13.2. The first-order valence-electron chi connectivity index (χ1n) is 9.20. The molecule has 0 aromatic carbocycles. The van der Waals surface area contributed by atoms with Crippen LogP contribution in [0.5, 0.6) is 0 Å². The minimum absolute atomic E-state index is 0.0135. The van der Waals surface area contributed by atoms with Crippen LogP contribution in [0.2, 0.25) is 0 Å². The number of hydrogen-bond donors (Lipinski definition) is 2. The third kappa shape index (κ3) is 2.26. The lowest BCUT2D eigenvalue weighted by molar-refractivity contribution is -0.265. The molecular weight excluding hydrogens is 304 g/mol. The first kappa shape index (κ1) is 18.1. The van der Waals surface area contributed by atoms with E-state index in [0.717, 1.165) is 12.8 Å². The van der Waals surface area contributed by atoms with Gasteiger partial charge in [0.25, 0.3) is 0 Å². The average molecular weight is 336 g/mol. The van der Waals surface area contributed by atoms with Crippen molar-refractivity contribution >= 4 is 5.78 Å². The molecule has 7 atom stereocenters. The lowest BCUT2D eigenvalue weighted by atomic mass is 9.43. The van der Waals surface area contributed by atoms with Crippen LogP contribution in [0.25, 0.3) is 0 Å². The van der Waals surface area contributed by atoms with Gasteiger partial charge in [-0.1, -0.05) is 19.9 Å². The van der Waals surface area contributed by atoms with Crippen LogP contribution >= 0.6 is 0 Å². The molecule has 0 bridgehead atoms. The molecule has 1 saturated heterocycles. The summed E-state index contributed by atoms with van der Waals surface area (Å²) in [5.74, 6) is -0.0877. The molecule has 2 saturated carbocycles. The fraction of sp³-hybridized carbons (Fsp3) is 0.850. The summed E-state index contributed by atoms with van der Waals surface area (Å²) in [6.45, 7) is 12.0. The Bertz CT molecular complexity index is 560. The van der Waals surface area contributed by atoms with Gasteiger partial charge in [-0.15, -0.1) is 6.58 Å². The summed E-state index contributed by atoms with van der Waals surface area (Å²) < 4.78 is 6.44. The van der Waals surface area contributed by atoms with Gasteiger partial charge in [-0.25, -0.2) is 0 Å². The normalized spacial score (nSPS) is 54.8. The molecule has 0 radical (unpaired) electrons. The minimum Gasteiger partial charge on any atom is -0.396 e. The van der Waals surface area contributed by atoms with Crippen LogP contribution in [-0.4, -0.2) is 39.9 Å². The summed E-state index contributed by atoms with van der Waals surface area (Å²) in [6, 6.07) is 0. The number of rotatable bonds is 2. The van der Waals surface area contributed by atoms with Gasteiger partial charge >= 0.3 is 0 Å². The van der Waals surface area contributed by atoms with Gasteiger partial charge in [0.05, 0.1) is 17.3 Å². The first-order valence-corrected chi connectivity index (χ1v) is 9.20. The smallest absolute Gasteiger partial charge is 0.140 e. The van der Waals surface area contributed by atoms with Gasteiger partial charge in [0, 0.05) is 29.8 Å². The summed E-state index contributed by atoms with van der Waals surface area (Å²) in [6.07, 6.45) is 4.71. The van der Waals surface area contributed by atoms with E-state index in [4.69, 9.17) is 4.74 Å². The van der Waals surface area contributed by atoms with Gasteiger partial charge in [0.1, 0.15) is 5.78 Å². The van der Waals surface area contributed by atoms with E-state index in [2.05, 4.69) is 13.5 Å². The van der Waals surface area contributed by atoms with E-state index in [1.807, 2.05) is 26.8 Å². The molecule has 4 heteroatoms. The lowest BCUT2D eigenvalue weighted by Crippen LogP contribution is -2.69. The zero-order valence-corrected chi connectivity index (χ0v) is 15.5. The van der Waals surface area contributed by atoms with Gasteiger partial charge in [0.15, 0.2) is 0 Å². The maximum absolute atomic E-state index is 13.2. The standard InChI is InChI=1S/C20H32O4/c1-6-18(3)10-7-14-19(4,24-18)11-13(22)16-17(2,12-21)9-8-15(23)20(14,16)5/h6,14-16,21,23H,1,7-12H2,2-5H3/t14?,15-,16?,17?,18+,19-,20+/m0/s1. The molecule has 3 unspecified atom stereocenters. The van der Waals surface area contributed by atoms with Gasteiger partial charge in [-0.05, 0) is 45.4 Å². The van der Waals surface area contributed by atoms with Crippen molar-refractivity contribution in [2.45, 2.75) is 77.1 Å². The first-order chi connectivity index (χ1) is 11.0. The Morgan fingerprint density at radius 2 is 1.92 bits per heavy atom. The van der Waals surface area contributed by atoms with Crippen LogP contribution in [0.15, 0.2) is 12.7 Å². The number of hydrogen-bond acceptors (Lipinski definition) is 4. The van der Waals surface area contributed by atoms with E-state index >= 15 is 0 Å². The van der Waals surface area contributed by atoms with Crippen molar-refractivity contribution in [2.75, 3.05) is 6.61 Å². The molecule has 0 aromatic heterocycles. The molecule has 2 N–H and O–H groups in total. The summed E-state index contributed by atoms with van der Waals surface area (Å²) in [5, 5.41) is 21.0. The van der Waals surface area contributed by atoms with E-state index in [1.54, 1.807) is 0 Å². The molecule has 3 fully saturated rings. The molecule has 136 valence electrons. The van der Waals surface area contributed by atoms with Gasteiger partial charge in [-0.3, -0.25) is 4.79 Å². The van der Waals surface area contributed by atoms with Gasteiger partial charge in [0.2, 0.25) is 0 Å². The molecule has 2 aliphatic carbocycles. The largest absolute Gasteiger partial charge is 0.396 e. The summed E-state index contributed by atoms with van der Waals surface area (Å²) in [7, 11) is 0. The molecule has 1 aliphatic heterocycles. The molecule has 3 rings (SSSR count). The predicted octanol–water partition coefficient (Wildman–Crippen LogP) is 2.87. The molecule has 0 amide bonds. The Labute approximate surface area is 145 Å². The quantitative estimate of drug-likeness (QED) is 0.761. The number of fused-ring (bicyclic) bond motifs is 3. The fourth-order valence-corrected chi connectivity index (χ4v) is 6.32. The number of aliphatic hydroxyl groups excluding tert-OH is 2. The van der Waals surface area contributed by atoms with E-state index in [9.17, 15) is 15.0 Å². The van der Waals surface area contributed by atoms with Crippen LogP contribution in [0, 0.1) is 22.7 Å². The van der Waals surface area contributed by atoms with Crippen molar-refractivity contribution in [1.82, 2.24) is 0 Å². The fourth-order valence-electron chi connectivity index (χ4n) is 6.32. The van der Waals surface area contributed by atoms with E-state index in [-0.39, 0.29) is 24.2 Å². The van der Waals surface area contributed by atoms with E-state index < -0.39 is 28.1 Å². The van der Waals surface area contributed by atoms with E-state index in [1.165, 1.54) is 0 Å². The number of ether oxygens (including phenoxy) is 1. The van der Waals surface area contributed by atoms with Crippen LogP contribution in [0.1, 0.15) is 59.8 Å². The number of carbonyl (C=O) groups is 1. The molecular formula is C20H32O4. The Kier molecular flexibility index (Phi) is 4.06. The van der Waals surface area contributed by atoms with Crippen LogP contribution in [-0.2, 0) is 9.53 Å². The molecule has 4 nitrogen and oxygen atoms in total. The molecule has 24 heavy (non-hydrogen) atoms. The molecule has 0 aromatic rings. The van der Waals surface area contributed by atoms with Crippen molar-refractivity contribution < 1.29 is 19.7 Å². The highest BCUT2D eigenvalue weighted by Gasteiger charge is 2.67. The maximum Gasteiger partial charge on any atom is 0.140 e. The van der Waals surface area contributed by atoms with Crippen LogP contribution in [0.4, 0.5) is 0 Å². The topological polar surface area (TPSA) is 66.8 Å². The van der Waals surface area contributed by atoms with Crippen LogP contribution < -0.4 is 0 Å². The maximum atomic E-state index is 13.2. The van der Waals surface area contributed by atoms with Crippen molar-refractivity contribution in [1.29, 1.82) is 0 Å². The van der Waals surface area contributed by atoms with Gasteiger partial charge < -0.3 is 14.9 Å². The third-order valence-electron chi connectivity index (χ3n) is 7.55. The SMILES string of the molecule is C=C[C@]1(C)CCC2[C@@]3(C)C(C(=O)C[C@]2(C)O1)C(C)(CO)CC[C@@H]3O. The Morgan fingerprint density at radius 1 is 1.25 bits per heavy atom. The van der Waals surface area contributed by atoms with Crippen molar-refractivity contribution in [3.8, 4) is 0 Å². The second-order valence-corrected chi connectivity index (χ2v) is 9.33. The highest BCUT2D eigenvalue weighted by molar-refractivity contribution is 5.85. The van der Waals surface area contributed by atoms with Crippen molar-refractivity contribution in [3.63, 3.8) is 0 Å². The summed E-state index contributed by atoms with van der Waals surface area (Å²) >= 11 is 0. The second-order valence-electron chi connectivity index (χ2n) is 9.33. The zero-order chi connectivity index (χ0) is 18.0. The number of aliphatic hydroxyl groups is 2. The predicted molar refractivity (Wildman–Crippen MR) is 92.5 cm³/mol. The number of Topliss-reactive ketones (excluding diaryl/α,β-unsaturated/α-hetero) is 1. The molecule has 3 aliphatic rings. The Hall–Kier alpha value is -0.710.